The molecular weight excluding hydrogens is 229 g/mol. The molecule has 0 heterocycles. The smallest absolute Gasteiger partial charge is 0.279 e. The van der Waals surface area contributed by atoms with Crippen molar-refractivity contribution >= 4 is 27.1 Å². The third-order valence-electron chi connectivity index (χ3n) is 0.292. The highest BCUT2D eigenvalue weighted by Gasteiger charge is 2.44. The van der Waals surface area contributed by atoms with Gasteiger partial charge in [-0.25, -0.2) is 0 Å². The van der Waals surface area contributed by atoms with Gasteiger partial charge in [-0.15, -0.1) is 17.0 Å². The van der Waals surface area contributed by atoms with Crippen LogP contribution >= 0.6 is 17.0 Å². The van der Waals surface area contributed by atoms with Gasteiger partial charge in [0.1, 0.15) is 0 Å². The van der Waals surface area contributed by atoms with Crippen LogP contribution in [-0.2, 0) is 10.1 Å². The Hall–Kier alpha value is 0.180. The molecule has 0 unspecified atom stereocenters. The summed E-state index contributed by atoms with van der Waals surface area (Å²) in [6.45, 7) is 0. The monoisotopic (exact) mass is 230 g/mol. The Labute approximate surface area is 59.4 Å². The average Bonchev–Trinajstić information content (AvgIpc) is 1.25. The van der Waals surface area contributed by atoms with Crippen LogP contribution in [0.25, 0.3) is 0 Å². The Morgan fingerprint density at radius 3 is 1.33 bits per heavy atom. The second-order valence-corrected chi connectivity index (χ2v) is 2.33. The highest BCUT2D eigenvalue weighted by atomic mass is 79.9. The topological polar surface area (TPSA) is 54.4 Å². The first-order valence-corrected chi connectivity index (χ1v) is 2.73. The van der Waals surface area contributed by atoms with E-state index in [1.54, 1.807) is 0 Å². The predicted octanol–water partition coefficient (Wildman–Crippen LogP) is 0.972. The molecule has 8 heteroatoms. The number of hydrogen-bond acceptors (Lipinski definition) is 2. The fourth-order valence-corrected chi connectivity index (χ4v) is 0. The summed E-state index contributed by atoms with van der Waals surface area (Å²) in [7, 11) is -5.84. The van der Waals surface area contributed by atoms with Crippen molar-refractivity contribution in [1.82, 2.24) is 0 Å². The molecule has 3 nitrogen and oxygen atoms in total. The first-order valence-electron chi connectivity index (χ1n) is 1.29. The highest BCUT2D eigenvalue weighted by molar-refractivity contribution is 8.93. The van der Waals surface area contributed by atoms with Crippen molar-refractivity contribution in [2.75, 3.05) is 0 Å². The third-order valence-corrected chi connectivity index (χ3v) is 0.877. The summed E-state index contributed by atoms with van der Waals surface area (Å²) in [5, 5.41) is 0. The van der Waals surface area contributed by atoms with Crippen LogP contribution in [0.1, 0.15) is 0 Å². The molecule has 0 aromatic heterocycles. The molecule has 0 aliphatic heterocycles. The van der Waals surface area contributed by atoms with Crippen LogP contribution in [0.4, 0.5) is 13.2 Å². The first kappa shape index (κ1) is 11.9. The molecule has 0 aliphatic rings. The second-order valence-electron chi connectivity index (χ2n) is 0.921. The standard InChI is InChI=1S/CHF3O3S.BrH/c2-1(3,4)8(5,6)7;/h(H,5,6,7);1H. The molecule has 0 saturated carbocycles. The maximum absolute atomic E-state index is 10.7. The third kappa shape index (κ3) is 3.71. The first-order chi connectivity index (χ1) is 3.25. The zero-order valence-corrected chi connectivity index (χ0v) is 6.24. The van der Waals surface area contributed by atoms with E-state index >= 15 is 0 Å². The van der Waals surface area contributed by atoms with Gasteiger partial charge in [0.05, 0.1) is 0 Å². The lowest BCUT2D eigenvalue weighted by Gasteiger charge is -1.97. The van der Waals surface area contributed by atoms with Crippen LogP contribution in [0.3, 0.4) is 0 Å². The largest absolute Gasteiger partial charge is 0.522 e. The minimum absolute atomic E-state index is 0. The van der Waals surface area contributed by atoms with E-state index in [2.05, 4.69) is 0 Å². The van der Waals surface area contributed by atoms with Gasteiger partial charge in [0.2, 0.25) is 0 Å². The van der Waals surface area contributed by atoms with Crippen LogP contribution in [0.5, 0.6) is 0 Å². The van der Waals surface area contributed by atoms with Crippen LogP contribution < -0.4 is 0 Å². The van der Waals surface area contributed by atoms with Crippen molar-refractivity contribution in [3.8, 4) is 0 Å². The lowest BCUT2D eigenvalue weighted by molar-refractivity contribution is -0.0510. The van der Waals surface area contributed by atoms with Gasteiger partial charge in [0.25, 0.3) is 0 Å². The van der Waals surface area contributed by atoms with Crippen LogP contribution in [-0.4, -0.2) is 18.5 Å². The Balaban J connectivity index is 0. The number of rotatable bonds is 0. The summed E-state index contributed by atoms with van der Waals surface area (Å²) in [4.78, 5) is 0. The van der Waals surface area contributed by atoms with Gasteiger partial charge >= 0.3 is 15.6 Å². The molecule has 0 aromatic rings. The Kier molecular flexibility index (Phi) is 3.76. The van der Waals surface area contributed by atoms with E-state index in [1.165, 1.54) is 0 Å². The van der Waals surface area contributed by atoms with Crippen molar-refractivity contribution < 1.29 is 26.1 Å². The van der Waals surface area contributed by atoms with Crippen molar-refractivity contribution in [1.29, 1.82) is 0 Å². The molecule has 58 valence electrons. The normalized spacial score (nSPS) is 12.4. The van der Waals surface area contributed by atoms with Crippen molar-refractivity contribution in [3.05, 3.63) is 0 Å². The van der Waals surface area contributed by atoms with E-state index in [1.807, 2.05) is 0 Å². The van der Waals surface area contributed by atoms with Gasteiger partial charge in [0, 0.05) is 0 Å². The quantitative estimate of drug-likeness (QED) is 0.499. The minimum atomic E-state index is -5.84. The molecule has 0 radical (unpaired) electrons. The van der Waals surface area contributed by atoms with Gasteiger partial charge in [0.15, 0.2) is 0 Å². The van der Waals surface area contributed by atoms with E-state index in [0.717, 1.165) is 0 Å². The van der Waals surface area contributed by atoms with E-state index in [-0.39, 0.29) is 17.0 Å². The summed E-state index contributed by atoms with van der Waals surface area (Å²) < 4.78 is 57.5. The molecule has 0 spiro atoms. The van der Waals surface area contributed by atoms with Gasteiger partial charge in [-0.1, -0.05) is 0 Å². The maximum Gasteiger partial charge on any atom is 0.522 e. The molecule has 0 bridgehead atoms. The Morgan fingerprint density at radius 1 is 1.22 bits per heavy atom. The molecule has 9 heavy (non-hydrogen) atoms. The fourth-order valence-electron chi connectivity index (χ4n) is 0. The van der Waals surface area contributed by atoms with Gasteiger partial charge in [-0.05, 0) is 0 Å². The van der Waals surface area contributed by atoms with E-state index in [9.17, 15) is 13.2 Å². The molecule has 0 aromatic carbocycles. The molecular formula is CH2BrF3O3S. The summed E-state index contributed by atoms with van der Waals surface area (Å²) in [6, 6.07) is 0. The molecule has 0 rings (SSSR count). The van der Waals surface area contributed by atoms with Gasteiger partial charge in [-0.3, -0.25) is 4.55 Å². The predicted molar refractivity (Wildman–Crippen MR) is 27.9 cm³/mol. The summed E-state index contributed by atoms with van der Waals surface area (Å²) in [5.74, 6) is 0. The minimum Gasteiger partial charge on any atom is -0.279 e. The number of halogens is 4. The Bertz CT molecular complexity index is 168. The molecule has 0 saturated heterocycles. The van der Waals surface area contributed by atoms with Crippen molar-refractivity contribution in [2.45, 2.75) is 5.51 Å². The molecule has 0 fully saturated rings. The zero-order chi connectivity index (χ0) is 7.00. The average molecular weight is 231 g/mol. The highest BCUT2D eigenvalue weighted by Crippen LogP contribution is 2.20. The van der Waals surface area contributed by atoms with E-state index < -0.39 is 15.6 Å². The van der Waals surface area contributed by atoms with E-state index in [4.69, 9.17) is 13.0 Å². The fraction of sp³-hybridized carbons (Fsp3) is 1.00. The lowest BCUT2D eigenvalue weighted by atomic mass is 11.6. The number of hydrogen-bond donors (Lipinski definition) is 1. The van der Waals surface area contributed by atoms with Crippen LogP contribution in [0, 0.1) is 0 Å². The van der Waals surface area contributed by atoms with Crippen molar-refractivity contribution in [3.63, 3.8) is 0 Å². The van der Waals surface area contributed by atoms with Gasteiger partial charge < -0.3 is 0 Å². The summed E-state index contributed by atoms with van der Waals surface area (Å²) in [5.41, 5.74) is -5.53. The molecule has 0 aliphatic carbocycles. The van der Waals surface area contributed by atoms with E-state index in [0.29, 0.717) is 0 Å². The Morgan fingerprint density at radius 2 is 1.33 bits per heavy atom. The SMILES string of the molecule is Br.O=S(=O)(O)C(F)(F)F. The van der Waals surface area contributed by atoms with Crippen LogP contribution in [0.15, 0.2) is 0 Å². The molecule has 0 atom stereocenters. The van der Waals surface area contributed by atoms with Gasteiger partial charge in [-0.2, -0.15) is 21.6 Å². The lowest BCUT2D eigenvalue weighted by Crippen LogP contribution is -2.21. The zero-order valence-electron chi connectivity index (χ0n) is 3.71. The maximum atomic E-state index is 10.7. The summed E-state index contributed by atoms with van der Waals surface area (Å²) >= 11 is 0. The van der Waals surface area contributed by atoms with Crippen LogP contribution in [0.2, 0.25) is 0 Å². The molecule has 1 N–H and O–H groups in total. The van der Waals surface area contributed by atoms with Crippen molar-refractivity contribution in [2.24, 2.45) is 0 Å². The number of alkyl halides is 3. The second kappa shape index (κ2) is 2.84. The summed E-state index contributed by atoms with van der Waals surface area (Å²) in [6.07, 6.45) is 0. The molecule has 0 amide bonds.